The van der Waals surface area contributed by atoms with E-state index in [4.69, 9.17) is 17.3 Å². The number of piperazine rings is 1. The zero-order valence-corrected chi connectivity index (χ0v) is 19.4. The zero-order valence-electron chi connectivity index (χ0n) is 18.7. The molecule has 5 nitrogen and oxygen atoms in total. The minimum Gasteiger partial charge on any atom is -0.399 e. The highest BCUT2D eigenvalue weighted by Gasteiger charge is 2.40. The number of benzene rings is 2. The second kappa shape index (κ2) is 7.00. The molecule has 2 aromatic carbocycles. The van der Waals surface area contributed by atoms with Crippen molar-refractivity contribution < 1.29 is 4.79 Å². The highest BCUT2D eigenvalue weighted by atomic mass is 35.5. The molecule has 2 aliphatic carbocycles. The fourth-order valence-electron chi connectivity index (χ4n) is 5.78. The van der Waals surface area contributed by atoms with E-state index in [1.807, 2.05) is 24.3 Å². The number of hydrogen-bond acceptors (Lipinski definition) is 4. The van der Waals surface area contributed by atoms with Gasteiger partial charge < -0.3 is 15.6 Å². The molecule has 2 heterocycles. The van der Waals surface area contributed by atoms with E-state index in [9.17, 15) is 4.79 Å². The van der Waals surface area contributed by atoms with Crippen molar-refractivity contribution in [1.82, 2.24) is 9.88 Å². The van der Waals surface area contributed by atoms with Gasteiger partial charge in [0.15, 0.2) is 5.78 Å². The predicted molar refractivity (Wildman–Crippen MR) is 131 cm³/mol. The van der Waals surface area contributed by atoms with Gasteiger partial charge in [-0.05, 0) is 42.7 Å². The largest absolute Gasteiger partial charge is 0.399 e. The summed E-state index contributed by atoms with van der Waals surface area (Å²) in [7, 11) is 0. The Morgan fingerprint density at radius 2 is 1.84 bits per heavy atom. The monoisotopic (exact) mass is 448 g/mol. The highest BCUT2D eigenvalue weighted by molar-refractivity contribution is 6.34. The normalized spacial score (nSPS) is 20.8. The highest BCUT2D eigenvalue weighted by Crippen LogP contribution is 2.46. The van der Waals surface area contributed by atoms with Gasteiger partial charge in [-0.2, -0.15) is 0 Å². The predicted octanol–water partition coefficient (Wildman–Crippen LogP) is 4.95. The standard InChI is InChI=1S/C26H29ClN4O/c1-26(2)19-14-22(31-10-8-30(9-11-31)16-4-3-5-16)20(27)13-18(19)24(32)23-17-7-6-15(28)12-21(17)29-25(23)26/h6-7,12-14,16,29H,3-5,8-11,28H2,1-2H3. The fraction of sp³-hybridized carbons (Fsp3) is 0.423. The molecule has 3 N–H and O–H groups in total. The third-order valence-corrected chi connectivity index (χ3v) is 8.23. The number of H-pyrrole nitrogens is 1. The zero-order chi connectivity index (χ0) is 22.2. The SMILES string of the molecule is CC1(C)c2cc(N3CCN(C4CCC4)CC3)c(Cl)cc2C(=O)c2c1[nH]c1cc(N)ccc21. The van der Waals surface area contributed by atoms with Crippen molar-refractivity contribution in [3.05, 3.63) is 57.7 Å². The number of nitrogens with two attached hydrogens (primary N) is 1. The van der Waals surface area contributed by atoms with Crippen molar-refractivity contribution in [2.24, 2.45) is 0 Å². The molecule has 6 heteroatoms. The van der Waals surface area contributed by atoms with Crippen molar-refractivity contribution in [3.8, 4) is 0 Å². The number of fused-ring (bicyclic) bond motifs is 4. The summed E-state index contributed by atoms with van der Waals surface area (Å²) in [6.45, 7) is 8.46. The van der Waals surface area contributed by atoms with Crippen molar-refractivity contribution >= 4 is 39.7 Å². The fourth-order valence-corrected chi connectivity index (χ4v) is 6.06. The Labute approximate surface area is 193 Å². The van der Waals surface area contributed by atoms with Gasteiger partial charge in [0.05, 0.1) is 16.3 Å². The number of halogens is 1. The van der Waals surface area contributed by atoms with E-state index >= 15 is 0 Å². The van der Waals surface area contributed by atoms with Crippen LogP contribution in [0.15, 0.2) is 30.3 Å². The van der Waals surface area contributed by atoms with E-state index in [2.05, 4.69) is 34.7 Å². The van der Waals surface area contributed by atoms with E-state index in [1.165, 1.54) is 19.3 Å². The molecule has 1 saturated carbocycles. The third-order valence-electron chi connectivity index (χ3n) is 7.93. The van der Waals surface area contributed by atoms with Crippen molar-refractivity contribution in [3.63, 3.8) is 0 Å². The van der Waals surface area contributed by atoms with Crippen LogP contribution in [-0.4, -0.2) is 47.9 Å². The number of nitrogen functional groups attached to an aromatic ring is 1. The van der Waals surface area contributed by atoms with Crippen molar-refractivity contribution in [2.75, 3.05) is 36.8 Å². The summed E-state index contributed by atoms with van der Waals surface area (Å²) in [4.78, 5) is 22.1. The Morgan fingerprint density at radius 1 is 1.09 bits per heavy atom. The summed E-state index contributed by atoms with van der Waals surface area (Å²) in [6.07, 6.45) is 4.05. The molecule has 0 radical (unpaired) electrons. The van der Waals surface area contributed by atoms with E-state index in [1.54, 1.807) is 0 Å². The number of rotatable bonds is 2. The molecular formula is C26H29ClN4O. The second-order valence-corrected chi connectivity index (χ2v) is 10.5. The van der Waals surface area contributed by atoms with Crippen LogP contribution in [0, 0.1) is 0 Å². The van der Waals surface area contributed by atoms with Gasteiger partial charge in [0.25, 0.3) is 0 Å². The second-order valence-electron chi connectivity index (χ2n) is 10.1. The molecule has 0 unspecified atom stereocenters. The number of anilines is 2. The minimum atomic E-state index is -0.348. The first-order valence-corrected chi connectivity index (χ1v) is 12.0. The Balaban J connectivity index is 1.40. The van der Waals surface area contributed by atoms with E-state index in [-0.39, 0.29) is 11.2 Å². The van der Waals surface area contributed by atoms with Gasteiger partial charge in [-0.1, -0.05) is 37.9 Å². The van der Waals surface area contributed by atoms with Crippen LogP contribution in [0.5, 0.6) is 0 Å². The topological polar surface area (TPSA) is 65.4 Å². The van der Waals surface area contributed by atoms with Crippen LogP contribution in [0.4, 0.5) is 11.4 Å². The van der Waals surface area contributed by atoms with Gasteiger partial charge >= 0.3 is 0 Å². The molecule has 0 amide bonds. The molecule has 1 aliphatic heterocycles. The first-order valence-electron chi connectivity index (χ1n) is 11.6. The smallest absolute Gasteiger partial charge is 0.195 e. The lowest BCUT2D eigenvalue weighted by atomic mass is 9.71. The van der Waals surface area contributed by atoms with Gasteiger partial charge in [-0.25, -0.2) is 0 Å². The molecule has 1 saturated heterocycles. The van der Waals surface area contributed by atoms with Crippen LogP contribution in [0.1, 0.15) is 60.3 Å². The van der Waals surface area contributed by atoms with E-state index < -0.39 is 0 Å². The number of carbonyl (C=O) groups excluding carboxylic acids is 1. The maximum Gasteiger partial charge on any atom is 0.195 e. The molecular weight excluding hydrogens is 420 g/mol. The van der Waals surface area contributed by atoms with E-state index in [0.717, 1.165) is 65.6 Å². The first-order chi connectivity index (χ1) is 15.3. The minimum absolute atomic E-state index is 0.0357. The first kappa shape index (κ1) is 20.1. The Hall–Kier alpha value is -2.50. The van der Waals surface area contributed by atoms with Crippen molar-refractivity contribution in [1.29, 1.82) is 0 Å². The van der Waals surface area contributed by atoms with Crippen LogP contribution in [0.25, 0.3) is 10.9 Å². The number of ketones is 1. The van der Waals surface area contributed by atoms with Crippen LogP contribution >= 0.6 is 11.6 Å². The van der Waals surface area contributed by atoms with Crippen LogP contribution < -0.4 is 10.6 Å². The molecule has 3 aliphatic rings. The number of aromatic nitrogens is 1. The van der Waals surface area contributed by atoms with Gasteiger partial charge in [0, 0.05) is 65.5 Å². The average Bonchev–Trinajstić information content (AvgIpc) is 3.11. The molecule has 0 bridgehead atoms. The number of nitrogens with one attached hydrogen (secondary N) is 1. The maximum absolute atomic E-state index is 13.6. The lowest BCUT2D eigenvalue weighted by Crippen LogP contribution is -2.52. The molecule has 32 heavy (non-hydrogen) atoms. The van der Waals surface area contributed by atoms with Crippen molar-refractivity contribution in [2.45, 2.75) is 44.6 Å². The third kappa shape index (κ3) is 2.84. The average molecular weight is 449 g/mol. The van der Waals surface area contributed by atoms with E-state index in [0.29, 0.717) is 16.3 Å². The summed E-state index contributed by atoms with van der Waals surface area (Å²) < 4.78 is 0. The lowest BCUT2D eigenvalue weighted by Gasteiger charge is -2.44. The summed E-state index contributed by atoms with van der Waals surface area (Å²) in [6, 6.07) is 10.5. The van der Waals surface area contributed by atoms with Crippen LogP contribution in [0.2, 0.25) is 5.02 Å². The Kier molecular flexibility index (Phi) is 4.40. The Morgan fingerprint density at radius 3 is 2.53 bits per heavy atom. The van der Waals surface area contributed by atoms with Crippen LogP contribution in [-0.2, 0) is 5.41 Å². The molecule has 6 rings (SSSR count). The number of nitrogens with zero attached hydrogens (tertiary/aromatic N) is 2. The molecule has 0 atom stereocenters. The summed E-state index contributed by atoms with van der Waals surface area (Å²) >= 11 is 6.80. The lowest BCUT2D eigenvalue weighted by molar-refractivity contribution is 0.103. The summed E-state index contributed by atoms with van der Waals surface area (Å²) in [5, 5.41) is 1.59. The summed E-state index contributed by atoms with van der Waals surface area (Å²) in [5.74, 6) is 0.0357. The Bertz CT molecular complexity index is 1250. The molecule has 166 valence electrons. The van der Waals surface area contributed by atoms with Gasteiger partial charge in [0.2, 0.25) is 0 Å². The maximum atomic E-state index is 13.6. The molecule has 2 fully saturated rings. The molecule has 1 aromatic heterocycles. The molecule has 3 aromatic rings. The number of aromatic amines is 1. The van der Waals surface area contributed by atoms with Crippen LogP contribution in [0.3, 0.4) is 0 Å². The quantitative estimate of drug-likeness (QED) is 0.544. The van der Waals surface area contributed by atoms with Gasteiger partial charge in [0.1, 0.15) is 0 Å². The summed E-state index contributed by atoms with van der Waals surface area (Å²) in [5.41, 5.74) is 11.7. The van der Waals surface area contributed by atoms with Gasteiger partial charge in [-0.15, -0.1) is 0 Å². The number of hydrogen-bond donors (Lipinski definition) is 2. The van der Waals surface area contributed by atoms with Gasteiger partial charge in [-0.3, -0.25) is 9.69 Å². The number of carbonyl (C=O) groups is 1. The molecule has 0 spiro atoms.